The average Bonchev–Trinajstić information content (AvgIpc) is 2.22. The van der Waals surface area contributed by atoms with Crippen molar-refractivity contribution in [1.29, 1.82) is 5.26 Å². The molecule has 0 fully saturated rings. The summed E-state index contributed by atoms with van der Waals surface area (Å²) in [5, 5.41) is 8.56. The van der Waals surface area contributed by atoms with Gasteiger partial charge in [-0.05, 0) is 17.7 Å². The average molecular weight is 272 g/mol. The summed E-state index contributed by atoms with van der Waals surface area (Å²) in [7, 11) is 1.26. The van der Waals surface area contributed by atoms with Gasteiger partial charge in [-0.1, -0.05) is 15.9 Å². The summed E-state index contributed by atoms with van der Waals surface area (Å²) in [5.41, 5.74) is 0.397. The number of nitriles is 1. The molecular formula is C10H7BrFNO2. The molecule has 0 heterocycles. The largest absolute Gasteiger partial charge is 0.469 e. The molecule has 1 aromatic carbocycles. The highest BCUT2D eigenvalue weighted by Crippen LogP contribution is 2.21. The number of halogens is 2. The normalized spacial score (nSPS) is 9.47. The summed E-state index contributed by atoms with van der Waals surface area (Å²) in [4.78, 5) is 11.0. The molecule has 3 nitrogen and oxygen atoms in total. The number of esters is 1. The van der Waals surface area contributed by atoms with Crippen LogP contribution in [0.1, 0.15) is 11.1 Å². The van der Waals surface area contributed by atoms with Crippen molar-refractivity contribution in [2.45, 2.75) is 6.42 Å². The van der Waals surface area contributed by atoms with Gasteiger partial charge in [0, 0.05) is 4.47 Å². The second-order valence-corrected chi connectivity index (χ2v) is 3.64. The van der Waals surface area contributed by atoms with Crippen LogP contribution in [-0.4, -0.2) is 13.1 Å². The van der Waals surface area contributed by atoms with Crippen molar-refractivity contribution in [2.24, 2.45) is 0 Å². The molecule has 1 aromatic rings. The van der Waals surface area contributed by atoms with Crippen molar-refractivity contribution in [3.8, 4) is 6.07 Å². The maximum atomic E-state index is 13.2. The number of hydrogen-bond donors (Lipinski definition) is 0. The van der Waals surface area contributed by atoms with Crippen LogP contribution in [0.25, 0.3) is 0 Å². The van der Waals surface area contributed by atoms with E-state index in [2.05, 4.69) is 20.7 Å². The van der Waals surface area contributed by atoms with Crippen LogP contribution in [0.4, 0.5) is 4.39 Å². The Balaban J connectivity index is 3.06. The molecular weight excluding hydrogens is 265 g/mol. The maximum Gasteiger partial charge on any atom is 0.310 e. The Kier molecular flexibility index (Phi) is 3.81. The lowest BCUT2D eigenvalue weighted by atomic mass is 10.1. The predicted molar refractivity (Wildman–Crippen MR) is 54.5 cm³/mol. The van der Waals surface area contributed by atoms with Crippen molar-refractivity contribution < 1.29 is 13.9 Å². The first-order chi connectivity index (χ1) is 7.08. The topological polar surface area (TPSA) is 50.1 Å². The van der Waals surface area contributed by atoms with Gasteiger partial charge in [-0.25, -0.2) is 4.39 Å². The van der Waals surface area contributed by atoms with E-state index < -0.39 is 11.8 Å². The number of nitrogens with zero attached hydrogens (tertiary/aromatic N) is 1. The molecule has 78 valence electrons. The Morgan fingerprint density at radius 2 is 2.33 bits per heavy atom. The molecule has 0 saturated carbocycles. The third kappa shape index (κ3) is 2.77. The van der Waals surface area contributed by atoms with E-state index in [0.717, 1.165) is 6.07 Å². The minimum atomic E-state index is -0.639. The third-order valence-corrected chi connectivity index (χ3v) is 2.56. The molecule has 0 aliphatic heterocycles. The lowest BCUT2D eigenvalue weighted by molar-refractivity contribution is -0.139. The molecule has 15 heavy (non-hydrogen) atoms. The van der Waals surface area contributed by atoms with E-state index in [0.29, 0.717) is 10.0 Å². The van der Waals surface area contributed by atoms with Crippen LogP contribution in [0.2, 0.25) is 0 Å². The summed E-state index contributed by atoms with van der Waals surface area (Å²) in [6.07, 6.45) is -0.0281. The van der Waals surface area contributed by atoms with Gasteiger partial charge in [-0.15, -0.1) is 0 Å². The van der Waals surface area contributed by atoms with E-state index in [1.165, 1.54) is 13.2 Å². The van der Waals surface area contributed by atoms with Crippen LogP contribution in [0.3, 0.4) is 0 Å². The van der Waals surface area contributed by atoms with Crippen molar-refractivity contribution in [3.63, 3.8) is 0 Å². The Labute approximate surface area is 94.6 Å². The Morgan fingerprint density at radius 3 is 2.87 bits per heavy atom. The molecule has 0 aliphatic carbocycles. The zero-order valence-electron chi connectivity index (χ0n) is 7.88. The number of methoxy groups -OCH3 is 1. The Bertz CT molecular complexity index is 440. The second kappa shape index (κ2) is 4.89. The molecule has 0 amide bonds. The molecule has 5 heteroatoms. The standard InChI is InChI=1S/C10H7BrFNO2/c1-15-10(14)4-6-3-9(12)7(5-13)2-8(6)11/h2-3H,4H2,1H3. The van der Waals surface area contributed by atoms with E-state index in [1.807, 2.05) is 0 Å². The minimum Gasteiger partial charge on any atom is -0.469 e. The molecule has 0 radical (unpaired) electrons. The number of benzene rings is 1. The van der Waals surface area contributed by atoms with Crippen LogP contribution in [0.15, 0.2) is 16.6 Å². The third-order valence-electron chi connectivity index (χ3n) is 1.82. The van der Waals surface area contributed by atoms with Gasteiger partial charge < -0.3 is 4.74 Å². The van der Waals surface area contributed by atoms with Crippen molar-refractivity contribution >= 4 is 21.9 Å². The lowest BCUT2D eigenvalue weighted by Crippen LogP contribution is -2.05. The summed E-state index contributed by atoms with van der Waals surface area (Å²) >= 11 is 3.15. The van der Waals surface area contributed by atoms with Gasteiger partial charge in [-0.3, -0.25) is 4.79 Å². The summed E-state index contributed by atoms with van der Waals surface area (Å²) in [6, 6.07) is 4.20. The highest BCUT2D eigenvalue weighted by atomic mass is 79.9. The van der Waals surface area contributed by atoms with Gasteiger partial charge in [0.05, 0.1) is 19.1 Å². The minimum absolute atomic E-state index is 0.0281. The van der Waals surface area contributed by atoms with E-state index in [9.17, 15) is 9.18 Å². The molecule has 0 unspecified atom stereocenters. The van der Waals surface area contributed by atoms with E-state index in [-0.39, 0.29) is 12.0 Å². The smallest absolute Gasteiger partial charge is 0.310 e. The van der Waals surface area contributed by atoms with Crippen LogP contribution < -0.4 is 0 Å². The Hall–Kier alpha value is -1.41. The highest BCUT2D eigenvalue weighted by molar-refractivity contribution is 9.10. The van der Waals surface area contributed by atoms with Crippen LogP contribution >= 0.6 is 15.9 Å². The van der Waals surface area contributed by atoms with Crippen molar-refractivity contribution in [3.05, 3.63) is 33.5 Å². The van der Waals surface area contributed by atoms with E-state index in [1.54, 1.807) is 6.07 Å². The monoisotopic (exact) mass is 271 g/mol. The first kappa shape index (κ1) is 11.7. The van der Waals surface area contributed by atoms with Crippen LogP contribution in [0, 0.1) is 17.1 Å². The molecule has 0 atom stereocenters. The van der Waals surface area contributed by atoms with Gasteiger partial charge in [-0.2, -0.15) is 5.26 Å². The quantitative estimate of drug-likeness (QED) is 0.775. The molecule has 0 N–H and O–H groups in total. The summed E-state index contributed by atoms with van der Waals surface area (Å²) in [6.45, 7) is 0. The van der Waals surface area contributed by atoms with Gasteiger partial charge in [0.2, 0.25) is 0 Å². The van der Waals surface area contributed by atoms with E-state index >= 15 is 0 Å². The Morgan fingerprint density at radius 1 is 1.67 bits per heavy atom. The summed E-state index contributed by atoms with van der Waals surface area (Å²) < 4.78 is 18.2. The fourth-order valence-electron chi connectivity index (χ4n) is 1.04. The second-order valence-electron chi connectivity index (χ2n) is 2.79. The number of hydrogen-bond acceptors (Lipinski definition) is 3. The first-order valence-electron chi connectivity index (χ1n) is 4.03. The highest BCUT2D eigenvalue weighted by Gasteiger charge is 2.11. The predicted octanol–water partition coefficient (Wildman–Crippen LogP) is 2.18. The van der Waals surface area contributed by atoms with Crippen molar-refractivity contribution in [2.75, 3.05) is 7.11 Å². The van der Waals surface area contributed by atoms with Gasteiger partial charge in [0.15, 0.2) is 0 Å². The first-order valence-corrected chi connectivity index (χ1v) is 4.82. The van der Waals surface area contributed by atoms with Crippen molar-refractivity contribution in [1.82, 2.24) is 0 Å². The molecule has 0 spiro atoms. The SMILES string of the molecule is COC(=O)Cc1cc(F)c(C#N)cc1Br. The fraction of sp³-hybridized carbons (Fsp3) is 0.200. The number of ether oxygens (including phenoxy) is 1. The fourth-order valence-corrected chi connectivity index (χ4v) is 1.52. The van der Waals surface area contributed by atoms with E-state index in [4.69, 9.17) is 5.26 Å². The number of carbonyl (C=O) groups is 1. The molecule has 0 aromatic heterocycles. The maximum absolute atomic E-state index is 13.2. The molecule has 0 aliphatic rings. The van der Waals surface area contributed by atoms with Gasteiger partial charge in [0.1, 0.15) is 11.9 Å². The van der Waals surface area contributed by atoms with Crippen LogP contribution in [-0.2, 0) is 16.0 Å². The molecule has 0 bridgehead atoms. The summed E-state index contributed by atoms with van der Waals surface area (Å²) in [5.74, 6) is -1.10. The molecule has 0 saturated heterocycles. The zero-order valence-corrected chi connectivity index (χ0v) is 9.47. The van der Waals surface area contributed by atoms with Crippen LogP contribution in [0.5, 0.6) is 0 Å². The number of rotatable bonds is 2. The van der Waals surface area contributed by atoms with Gasteiger partial charge >= 0.3 is 5.97 Å². The lowest BCUT2D eigenvalue weighted by Gasteiger charge is -2.04. The zero-order chi connectivity index (χ0) is 11.4. The number of carbonyl (C=O) groups excluding carboxylic acids is 1. The molecule has 1 rings (SSSR count). The van der Waals surface area contributed by atoms with Gasteiger partial charge in [0.25, 0.3) is 0 Å².